The number of alkyl halides is 6. The predicted molar refractivity (Wildman–Crippen MR) is 110 cm³/mol. The molecule has 2 aromatic heterocycles. The first-order valence-electron chi connectivity index (χ1n) is 10.3. The van der Waals surface area contributed by atoms with Crippen LogP contribution in [0.25, 0.3) is 10.2 Å². The highest BCUT2D eigenvalue weighted by atomic mass is 32.1. The summed E-state index contributed by atoms with van der Waals surface area (Å²) in [5.74, 6) is -1.19. The second-order valence-electron chi connectivity index (χ2n) is 8.40. The van der Waals surface area contributed by atoms with Crippen molar-refractivity contribution in [3.05, 3.63) is 22.6 Å². The Morgan fingerprint density at radius 1 is 1.18 bits per heavy atom. The molecule has 0 atom stereocenters. The normalized spacial score (nSPS) is 18.3. The van der Waals surface area contributed by atoms with Gasteiger partial charge in [0.25, 0.3) is 5.91 Å². The Morgan fingerprint density at radius 3 is 2.38 bits per heavy atom. The summed E-state index contributed by atoms with van der Waals surface area (Å²) < 4.78 is 81.1. The van der Waals surface area contributed by atoms with Crippen LogP contribution in [-0.4, -0.2) is 67.9 Å². The van der Waals surface area contributed by atoms with Gasteiger partial charge in [-0.1, -0.05) is 0 Å². The molecule has 34 heavy (non-hydrogen) atoms. The molecule has 0 aromatic carbocycles. The van der Waals surface area contributed by atoms with Crippen LogP contribution >= 0.6 is 11.3 Å². The van der Waals surface area contributed by atoms with Crippen LogP contribution in [-0.2, 0) is 15.7 Å². The second-order valence-corrected chi connectivity index (χ2v) is 9.28. The van der Waals surface area contributed by atoms with Gasteiger partial charge in [0.2, 0.25) is 5.91 Å². The lowest BCUT2D eigenvalue weighted by Crippen LogP contribution is -2.62. The number of thiophene rings is 1. The van der Waals surface area contributed by atoms with Gasteiger partial charge in [-0.25, -0.2) is 4.98 Å². The van der Waals surface area contributed by atoms with Crippen LogP contribution in [0, 0.1) is 5.41 Å². The first-order chi connectivity index (χ1) is 15.8. The molecule has 14 heteroatoms. The molecule has 2 fully saturated rings. The summed E-state index contributed by atoms with van der Waals surface area (Å²) in [5.41, 5.74) is -1.10. The number of rotatable bonds is 4. The molecule has 2 amide bonds. The number of fused-ring (bicyclic) bond motifs is 1. The van der Waals surface area contributed by atoms with Gasteiger partial charge in [0.05, 0.1) is 21.3 Å². The quantitative estimate of drug-likeness (QED) is 0.636. The van der Waals surface area contributed by atoms with E-state index in [1.54, 1.807) is 4.90 Å². The number of nitrogens with zero attached hydrogens (tertiary/aromatic N) is 3. The lowest BCUT2D eigenvalue weighted by atomic mass is 9.72. The van der Waals surface area contributed by atoms with E-state index in [4.69, 9.17) is 0 Å². The van der Waals surface area contributed by atoms with Crippen LogP contribution in [0.5, 0.6) is 0 Å². The number of likely N-dealkylation sites (tertiary alicyclic amines) is 1. The Balaban J connectivity index is 1.48. The van der Waals surface area contributed by atoms with Gasteiger partial charge in [-0.3, -0.25) is 14.3 Å². The van der Waals surface area contributed by atoms with Gasteiger partial charge in [-0.2, -0.15) is 13.2 Å². The van der Waals surface area contributed by atoms with Crippen molar-refractivity contribution >= 4 is 39.2 Å². The maximum absolute atomic E-state index is 13.7. The SMILES string of the molecule is CNC(=O)c1csc2c(C(F)(F)F)cc(N3CCC4(CC3)CN(C(=O)COC(F)(F)F)C4)nc12. The minimum absolute atomic E-state index is 0.0143. The molecular formula is C20H20F6N4O3S. The van der Waals surface area contributed by atoms with E-state index >= 15 is 0 Å². The molecule has 1 N–H and O–H groups in total. The van der Waals surface area contributed by atoms with Gasteiger partial charge in [-0.15, -0.1) is 24.5 Å². The Bertz CT molecular complexity index is 1100. The predicted octanol–water partition coefficient (Wildman–Crippen LogP) is 3.64. The number of amides is 2. The number of halogens is 6. The van der Waals surface area contributed by atoms with E-state index < -0.39 is 36.5 Å². The van der Waals surface area contributed by atoms with Crippen molar-refractivity contribution in [2.45, 2.75) is 25.4 Å². The van der Waals surface area contributed by atoms with Gasteiger partial charge < -0.3 is 15.1 Å². The summed E-state index contributed by atoms with van der Waals surface area (Å²) in [6, 6.07) is 0.982. The maximum atomic E-state index is 13.7. The number of carbonyl (C=O) groups is 2. The van der Waals surface area contributed by atoms with Crippen molar-refractivity contribution in [3.63, 3.8) is 0 Å². The lowest BCUT2D eigenvalue weighted by Gasteiger charge is -2.54. The smallest absolute Gasteiger partial charge is 0.357 e. The summed E-state index contributed by atoms with van der Waals surface area (Å²) in [6.07, 6.45) is -8.45. The molecule has 4 heterocycles. The standard InChI is InChI=1S/C20H20F6N4O3S/c1-27-17(32)11-8-34-16-12(19(21,22)23)6-13(28-15(11)16)29-4-2-18(3-5-29)9-30(10-18)14(31)7-33-20(24,25)26/h6,8H,2-5,7,9-10H2,1H3,(H,27,32). The third-order valence-corrected chi connectivity index (χ3v) is 7.20. The maximum Gasteiger partial charge on any atom is 0.523 e. The molecule has 0 radical (unpaired) electrons. The van der Waals surface area contributed by atoms with Crippen molar-refractivity contribution in [3.8, 4) is 0 Å². The fourth-order valence-electron chi connectivity index (χ4n) is 4.36. The van der Waals surface area contributed by atoms with E-state index in [0.29, 0.717) is 25.9 Å². The Kier molecular flexibility index (Phi) is 6.17. The number of hydrogen-bond acceptors (Lipinski definition) is 6. The molecule has 0 unspecified atom stereocenters. The summed E-state index contributed by atoms with van der Waals surface area (Å²) >= 11 is 0.807. The first kappa shape index (κ1) is 24.5. The van der Waals surface area contributed by atoms with E-state index in [0.717, 1.165) is 17.4 Å². The highest BCUT2D eigenvalue weighted by molar-refractivity contribution is 7.17. The number of hydrogen-bond donors (Lipinski definition) is 1. The molecule has 2 aliphatic rings. The molecule has 2 saturated heterocycles. The Hall–Kier alpha value is -2.61. The third-order valence-electron chi connectivity index (χ3n) is 6.20. The monoisotopic (exact) mass is 510 g/mol. The third kappa shape index (κ3) is 4.78. The van der Waals surface area contributed by atoms with E-state index in [9.17, 15) is 35.9 Å². The zero-order valence-electron chi connectivity index (χ0n) is 17.8. The van der Waals surface area contributed by atoms with Crippen LogP contribution < -0.4 is 10.2 Å². The molecule has 4 rings (SSSR count). The molecular weight excluding hydrogens is 490 g/mol. The zero-order valence-corrected chi connectivity index (χ0v) is 18.7. The summed E-state index contributed by atoms with van der Waals surface area (Å²) in [7, 11) is 1.38. The summed E-state index contributed by atoms with van der Waals surface area (Å²) in [6.45, 7) is 0.176. The van der Waals surface area contributed by atoms with Crippen molar-refractivity contribution < 1.29 is 40.7 Å². The highest BCUT2D eigenvalue weighted by Crippen LogP contribution is 2.44. The molecule has 1 spiro atoms. The van der Waals surface area contributed by atoms with Crippen LogP contribution in [0.3, 0.4) is 0 Å². The van der Waals surface area contributed by atoms with Crippen molar-refractivity contribution in [1.82, 2.24) is 15.2 Å². The summed E-state index contributed by atoms with van der Waals surface area (Å²) in [5, 5.41) is 3.75. The highest BCUT2D eigenvalue weighted by Gasteiger charge is 2.47. The number of pyridine rings is 1. The van der Waals surface area contributed by atoms with Gasteiger partial charge in [0.1, 0.15) is 12.4 Å². The lowest BCUT2D eigenvalue weighted by molar-refractivity contribution is -0.322. The van der Waals surface area contributed by atoms with E-state index in [-0.39, 0.29) is 40.1 Å². The van der Waals surface area contributed by atoms with Crippen LogP contribution in [0.4, 0.5) is 32.2 Å². The minimum Gasteiger partial charge on any atom is -0.357 e. The molecule has 186 valence electrons. The fourth-order valence-corrected chi connectivity index (χ4v) is 5.39. The number of nitrogens with one attached hydrogen (secondary N) is 1. The first-order valence-corrected chi connectivity index (χ1v) is 11.1. The van der Waals surface area contributed by atoms with Gasteiger partial charge >= 0.3 is 12.5 Å². The Labute approximate surface area is 193 Å². The van der Waals surface area contributed by atoms with Crippen LogP contribution in [0.15, 0.2) is 11.4 Å². The topological polar surface area (TPSA) is 74.8 Å². The van der Waals surface area contributed by atoms with E-state index in [1.165, 1.54) is 17.3 Å². The zero-order chi connectivity index (χ0) is 24.9. The van der Waals surface area contributed by atoms with Gasteiger partial charge in [0, 0.05) is 44.0 Å². The molecule has 7 nitrogen and oxygen atoms in total. The Morgan fingerprint density at radius 2 is 1.82 bits per heavy atom. The number of ether oxygens (including phenoxy) is 1. The van der Waals surface area contributed by atoms with Crippen LogP contribution in [0.1, 0.15) is 28.8 Å². The second kappa shape index (κ2) is 8.56. The average Bonchev–Trinajstić information content (AvgIpc) is 3.17. The molecule has 2 aliphatic heterocycles. The van der Waals surface area contributed by atoms with Gasteiger partial charge in [0.15, 0.2) is 0 Å². The van der Waals surface area contributed by atoms with Crippen LogP contribution in [0.2, 0.25) is 0 Å². The van der Waals surface area contributed by atoms with Gasteiger partial charge in [-0.05, 0) is 18.9 Å². The molecule has 2 aromatic rings. The average molecular weight is 510 g/mol. The fraction of sp³-hybridized carbons (Fsp3) is 0.550. The molecule has 0 bridgehead atoms. The number of anilines is 1. The summed E-state index contributed by atoms with van der Waals surface area (Å²) in [4.78, 5) is 31.3. The van der Waals surface area contributed by atoms with Crippen molar-refractivity contribution in [1.29, 1.82) is 0 Å². The molecule has 0 aliphatic carbocycles. The van der Waals surface area contributed by atoms with E-state index in [1.807, 2.05) is 0 Å². The molecule has 0 saturated carbocycles. The largest absolute Gasteiger partial charge is 0.523 e. The number of piperidine rings is 1. The number of aromatic nitrogens is 1. The minimum atomic E-state index is -4.88. The van der Waals surface area contributed by atoms with Crippen molar-refractivity contribution in [2.24, 2.45) is 5.41 Å². The van der Waals surface area contributed by atoms with Crippen molar-refractivity contribution in [2.75, 3.05) is 44.7 Å². The van der Waals surface area contributed by atoms with E-state index in [2.05, 4.69) is 15.0 Å². The number of carbonyl (C=O) groups excluding carboxylic acids is 2.